The molecular weight excluding hydrogens is 383 g/mol. The van der Waals surface area contributed by atoms with Crippen molar-refractivity contribution >= 4 is 55.2 Å². The molecule has 0 saturated carbocycles. The molecule has 0 aliphatic rings. The van der Waals surface area contributed by atoms with Gasteiger partial charge in [0.25, 0.3) is 5.91 Å². The van der Waals surface area contributed by atoms with Crippen LogP contribution in [0.5, 0.6) is 0 Å². The van der Waals surface area contributed by atoms with Crippen LogP contribution in [-0.2, 0) is 0 Å². The molecule has 0 bridgehead atoms. The van der Waals surface area contributed by atoms with Crippen LogP contribution in [0.15, 0.2) is 45.5 Å². The highest BCUT2D eigenvalue weighted by Crippen LogP contribution is 2.20. The molecule has 6 heteroatoms. The van der Waals surface area contributed by atoms with E-state index in [1.807, 2.05) is 0 Å². The van der Waals surface area contributed by atoms with Crippen LogP contribution in [0.2, 0.25) is 5.02 Å². The summed E-state index contributed by atoms with van der Waals surface area (Å²) in [7, 11) is 0. The molecule has 1 heterocycles. The second-order valence-electron chi connectivity index (χ2n) is 3.47. The molecule has 0 unspecified atom stereocenters. The third-order valence-electron chi connectivity index (χ3n) is 2.09. The number of rotatable bonds is 2. The van der Waals surface area contributed by atoms with Gasteiger partial charge in [-0.25, -0.2) is 4.98 Å². The Balaban J connectivity index is 2.22. The topological polar surface area (TPSA) is 42.0 Å². The lowest BCUT2D eigenvalue weighted by atomic mass is 10.2. The minimum absolute atomic E-state index is 0.260. The van der Waals surface area contributed by atoms with Gasteiger partial charge in [0.15, 0.2) is 0 Å². The molecular formula is C12H7Br2ClN2O. The lowest BCUT2D eigenvalue weighted by molar-refractivity contribution is 0.102. The zero-order valence-electron chi connectivity index (χ0n) is 8.95. The number of hydrogen-bond acceptors (Lipinski definition) is 2. The van der Waals surface area contributed by atoms with Gasteiger partial charge in [-0.3, -0.25) is 4.79 Å². The minimum Gasteiger partial charge on any atom is -0.307 e. The first-order valence-corrected chi connectivity index (χ1v) is 6.90. The predicted octanol–water partition coefficient (Wildman–Crippen LogP) is 4.51. The molecule has 2 rings (SSSR count). The quantitative estimate of drug-likeness (QED) is 0.820. The molecule has 3 nitrogen and oxygen atoms in total. The van der Waals surface area contributed by atoms with Crippen molar-refractivity contribution in [3.05, 3.63) is 56.1 Å². The molecule has 1 amide bonds. The number of hydrogen-bond donors (Lipinski definition) is 1. The highest BCUT2D eigenvalue weighted by Gasteiger charge is 2.08. The first kappa shape index (κ1) is 13.5. The Bertz CT molecular complexity index is 584. The van der Waals surface area contributed by atoms with Gasteiger partial charge >= 0.3 is 0 Å². The highest BCUT2D eigenvalue weighted by molar-refractivity contribution is 9.10. The number of nitrogens with zero attached hydrogens (tertiary/aromatic N) is 1. The summed E-state index contributed by atoms with van der Waals surface area (Å²) in [6, 6.07) is 8.51. The fourth-order valence-corrected chi connectivity index (χ4v) is 2.54. The van der Waals surface area contributed by atoms with Crippen molar-refractivity contribution < 1.29 is 4.79 Å². The van der Waals surface area contributed by atoms with Gasteiger partial charge in [-0.05, 0) is 30.3 Å². The Labute approximate surface area is 126 Å². The lowest BCUT2D eigenvalue weighted by Crippen LogP contribution is -2.12. The van der Waals surface area contributed by atoms with Crippen LogP contribution in [0.1, 0.15) is 10.4 Å². The van der Waals surface area contributed by atoms with E-state index in [2.05, 4.69) is 42.2 Å². The van der Waals surface area contributed by atoms with Crippen molar-refractivity contribution in [1.29, 1.82) is 0 Å². The van der Waals surface area contributed by atoms with Crippen molar-refractivity contribution in [2.75, 3.05) is 5.32 Å². The summed E-state index contributed by atoms with van der Waals surface area (Å²) in [6.07, 6.45) is 1.60. The summed E-state index contributed by atoms with van der Waals surface area (Å²) in [5.74, 6) is 0.217. The van der Waals surface area contributed by atoms with Crippen LogP contribution in [-0.4, -0.2) is 10.9 Å². The Morgan fingerprint density at radius 1 is 1.17 bits per heavy atom. The van der Waals surface area contributed by atoms with E-state index in [4.69, 9.17) is 11.6 Å². The maximum absolute atomic E-state index is 12.0. The van der Waals surface area contributed by atoms with Gasteiger partial charge in [0.2, 0.25) is 0 Å². The number of benzene rings is 1. The van der Waals surface area contributed by atoms with Crippen molar-refractivity contribution in [3.63, 3.8) is 0 Å². The van der Waals surface area contributed by atoms with E-state index in [-0.39, 0.29) is 5.91 Å². The van der Waals surface area contributed by atoms with E-state index in [9.17, 15) is 4.79 Å². The monoisotopic (exact) mass is 388 g/mol. The molecule has 0 aliphatic heterocycles. The molecule has 2 aromatic rings. The number of anilines is 1. The van der Waals surface area contributed by atoms with E-state index in [0.717, 1.165) is 8.95 Å². The van der Waals surface area contributed by atoms with Gasteiger partial charge < -0.3 is 5.32 Å². The summed E-state index contributed by atoms with van der Waals surface area (Å²) in [5.41, 5.74) is 0.469. The molecule has 0 radical (unpaired) electrons. The number of carbonyl (C=O) groups excluding carboxylic acids is 1. The Hall–Kier alpha value is -0.910. The number of aromatic nitrogens is 1. The summed E-state index contributed by atoms with van der Waals surface area (Å²) in [6.45, 7) is 0. The maximum atomic E-state index is 12.0. The van der Waals surface area contributed by atoms with Crippen molar-refractivity contribution in [3.8, 4) is 0 Å². The first-order chi connectivity index (χ1) is 8.54. The Morgan fingerprint density at radius 2 is 1.94 bits per heavy atom. The zero-order chi connectivity index (χ0) is 13.1. The molecule has 1 aromatic heterocycles. The van der Waals surface area contributed by atoms with E-state index < -0.39 is 0 Å². The largest absolute Gasteiger partial charge is 0.307 e. The molecule has 0 aliphatic carbocycles. The summed E-state index contributed by atoms with van der Waals surface area (Å²) >= 11 is 12.5. The maximum Gasteiger partial charge on any atom is 0.256 e. The van der Waals surface area contributed by atoms with Crippen LogP contribution in [0.25, 0.3) is 0 Å². The third kappa shape index (κ3) is 3.54. The van der Waals surface area contributed by atoms with Crippen LogP contribution in [0, 0.1) is 0 Å². The molecule has 1 N–H and O–H groups in total. The number of halogens is 3. The Kier molecular flexibility index (Phi) is 4.37. The van der Waals surface area contributed by atoms with Gasteiger partial charge in [0.1, 0.15) is 5.82 Å². The van der Waals surface area contributed by atoms with Crippen LogP contribution in [0.3, 0.4) is 0 Å². The second kappa shape index (κ2) is 5.82. The van der Waals surface area contributed by atoms with E-state index in [1.54, 1.807) is 36.5 Å². The summed E-state index contributed by atoms with van der Waals surface area (Å²) in [5, 5.41) is 3.19. The summed E-state index contributed by atoms with van der Waals surface area (Å²) < 4.78 is 1.60. The predicted molar refractivity (Wildman–Crippen MR) is 79.0 cm³/mol. The van der Waals surface area contributed by atoms with Gasteiger partial charge in [0, 0.05) is 25.7 Å². The molecule has 92 valence electrons. The van der Waals surface area contributed by atoms with Crippen molar-refractivity contribution in [2.24, 2.45) is 0 Å². The lowest BCUT2D eigenvalue weighted by Gasteiger charge is -2.05. The van der Waals surface area contributed by atoms with Crippen molar-refractivity contribution in [1.82, 2.24) is 4.98 Å². The molecule has 0 atom stereocenters. The van der Waals surface area contributed by atoms with Gasteiger partial charge in [-0.15, -0.1) is 0 Å². The fraction of sp³-hybridized carbons (Fsp3) is 0. The van der Waals surface area contributed by atoms with Crippen LogP contribution in [0.4, 0.5) is 5.82 Å². The zero-order valence-corrected chi connectivity index (χ0v) is 12.9. The number of carbonyl (C=O) groups is 1. The molecule has 0 saturated heterocycles. The third-order valence-corrected chi connectivity index (χ3v) is 3.26. The van der Waals surface area contributed by atoms with E-state index in [0.29, 0.717) is 16.4 Å². The highest BCUT2D eigenvalue weighted by atomic mass is 79.9. The van der Waals surface area contributed by atoms with Gasteiger partial charge in [-0.1, -0.05) is 43.5 Å². The smallest absolute Gasteiger partial charge is 0.256 e. The number of nitrogens with one attached hydrogen (secondary N) is 1. The molecule has 18 heavy (non-hydrogen) atoms. The Morgan fingerprint density at radius 3 is 2.61 bits per heavy atom. The summed E-state index contributed by atoms with van der Waals surface area (Å²) in [4.78, 5) is 16.0. The first-order valence-electron chi connectivity index (χ1n) is 4.93. The fourth-order valence-electron chi connectivity index (χ4n) is 1.35. The van der Waals surface area contributed by atoms with Crippen LogP contribution >= 0.6 is 43.5 Å². The molecule has 1 aromatic carbocycles. The van der Waals surface area contributed by atoms with Gasteiger partial charge in [0.05, 0.1) is 0 Å². The SMILES string of the molecule is O=C(Nc1cc(Br)ccn1)c1cc(Cl)cc(Br)c1. The van der Waals surface area contributed by atoms with Crippen LogP contribution < -0.4 is 5.32 Å². The number of pyridine rings is 1. The van der Waals surface area contributed by atoms with E-state index >= 15 is 0 Å². The second-order valence-corrected chi connectivity index (χ2v) is 5.74. The minimum atomic E-state index is -0.260. The molecule has 0 fully saturated rings. The van der Waals surface area contributed by atoms with Crippen molar-refractivity contribution in [2.45, 2.75) is 0 Å². The van der Waals surface area contributed by atoms with E-state index in [1.165, 1.54) is 0 Å². The average molecular weight is 390 g/mol. The normalized spacial score (nSPS) is 10.2. The standard InChI is InChI=1S/C12H7Br2ClN2O/c13-8-1-2-16-11(6-8)17-12(18)7-3-9(14)5-10(15)4-7/h1-6H,(H,16,17,18). The van der Waals surface area contributed by atoms with Gasteiger partial charge in [-0.2, -0.15) is 0 Å². The molecule has 0 spiro atoms. The average Bonchev–Trinajstić information content (AvgIpc) is 2.27. The number of amides is 1.